The van der Waals surface area contributed by atoms with Crippen molar-refractivity contribution < 1.29 is 4.79 Å². The second-order valence-corrected chi connectivity index (χ2v) is 7.38. The molecule has 2 rings (SSSR count). The van der Waals surface area contributed by atoms with Crippen LogP contribution in [0.5, 0.6) is 0 Å². The molecule has 6 heteroatoms. The van der Waals surface area contributed by atoms with E-state index < -0.39 is 0 Å². The largest absolute Gasteiger partial charge is 0.324 e. The third-order valence-electron chi connectivity index (χ3n) is 3.11. The van der Waals surface area contributed by atoms with E-state index in [1.54, 1.807) is 18.2 Å². The molecule has 2 aromatic rings. The van der Waals surface area contributed by atoms with E-state index in [4.69, 9.17) is 23.2 Å². The summed E-state index contributed by atoms with van der Waals surface area (Å²) in [6, 6.07) is 9.18. The molecule has 0 saturated carbocycles. The molecule has 1 N–H and O–H groups in total. The van der Waals surface area contributed by atoms with E-state index in [0.717, 1.165) is 20.1 Å². The van der Waals surface area contributed by atoms with Crippen molar-refractivity contribution in [2.75, 3.05) is 5.32 Å². The van der Waals surface area contributed by atoms with E-state index in [0.29, 0.717) is 28.6 Å². The molecule has 2 nitrogen and oxygen atoms in total. The summed E-state index contributed by atoms with van der Waals surface area (Å²) in [6.07, 6.45) is 0.942. The number of carbonyl (C=O) groups excluding carboxylic acids is 1. The van der Waals surface area contributed by atoms with Gasteiger partial charge >= 0.3 is 0 Å². The minimum atomic E-state index is -0.130. The fourth-order valence-corrected chi connectivity index (χ4v) is 4.33. The van der Waals surface area contributed by atoms with Crippen LogP contribution in [0.2, 0.25) is 10.0 Å². The van der Waals surface area contributed by atoms with Crippen LogP contribution >= 0.6 is 55.1 Å². The molecule has 0 fully saturated rings. The summed E-state index contributed by atoms with van der Waals surface area (Å²) in [5, 5.41) is 3.62. The van der Waals surface area contributed by atoms with Gasteiger partial charge in [0.1, 0.15) is 0 Å². The van der Waals surface area contributed by atoms with Crippen molar-refractivity contribution in [1.82, 2.24) is 0 Å². The Morgan fingerprint density at radius 3 is 2.23 bits per heavy atom. The molecule has 2 aromatic carbocycles. The molecular weight excluding hydrogens is 453 g/mol. The van der Waals surface area contributed by atoms with Gasteiger partial charge in [-0.15, -0.1) is 0 Å². The van der Waals surface area contributed by atoms with Crippen molar-refractivity contribution in [3.05, 3.63) is 60.4 Å². The summed E-state index contributed by atoms with van der Waals surface area (Å²) in [6.45, 7) is 2.02. The molecular formula is C16H13Br2Cl2NO. The molecule has 0 aliphatic heterocycles. The molecule has 0 spiro atoms. The maximum absolute atomic E-state index is 12.1. The van der Waals surface area contributed by atoms with Gasteiger partial charge in [0.15, 0.2) is 0 Å². The summed E-state index contributed by atoms with van der Waals surface area (Å²) in [7, 11) is 0. The van der Waals surface area contributed by atoms with Crippen LogP contribution in [-0.4, -0.2) is 5.91 Å². The zero-order chi connectivity index (χ0) is 16.3. The second-order valence-electron chi connectivity index (χ2n) is 4.85. The lowest BCUT2D eigenvalue weighted by atomic mass is 10.1. The third kappa shape index (κ3) is 4.48. The Bertz CT molecular complexity index is 676. The van der Waals surface area contributed by atoms with Gasteiger partial charge in [-0.1, -0.05) is 61.1 Å². The maximum Gasteiger partial charge on any atom is 0.224 e. The number of carbonyl (C=O) groups is 1. The van der Waals surface area contributed by atoms with Gasteiger partial charge in [-0.05, 0) is 48.7 Å². The Kier molecular flexibility index (Phi) is 6.33. The number of amides is 1. The third-order valence-corrected chi connectivity index (χ3v) is 5.16. The topological polar surface area (TPSA) is 29.1 Å². The van der Waals surface area contributed by atoms with Gasteiger partial charge in [-0.3, -0.25) is 4.79 Å². The first-order valence-electron chi connectivity index (χ1n) is 6.57. The average molecular weight is 466 g/mol. The first kappa shape index (κ1) is 17.8. The maximum atomic E-state index is 12.1. The SMILES string of the molecule is Cc1cc(Br)c(CCC(=O)Nc2c(Cl)cccc2Cl)c(Br)c1. The fourth-order valence-electron chi connectivity index (χ4n) is 2.03. The predicted octanol–water partition coefficient (Wildman–Crippen LogP) is 6.40. The number of aryl methyl sites for hydroxylation is 1. The van der Waals surface area contributed by atoms with Gasteiger partial charge in [0, 0.05) is 15.4 Å². The Balaban J connectivity index is 2.05. The van der Waals surface area contributed by atoms with E-state index in [1.807, 2.05) is 19.1 Å². The van der Waals surface area contributed by atoms with Crippen molar-refractivity contribution in [2.24, 2.45) is 0 Å². The zero-order valence-corrected chi connectivity index (χ0v) is 16.4. The van der Waals surface area contributed by atoms with Gasteiger partial charge < -0.3 is 5.32 Å². The number of anilines is 1. The van der Waals surface area contributed by atoms with Gasteiger partial charge in [0.2, 0.25) is 5.91 Å². The lowest BCUT2D eigenvalue weighted by Crippen LogP contribution is -2.13. The monoisotopic (exact) mass is 463 g/mol. The van der Waals surface area contributed by atoms with Gasteiger partial charge in [0.05, 0.1) is 15.7 Å². The molecule has 116 valence electrons. The standard InChI is InChI=1S/C16H13Br2Cl2NO/c1-9-7-11(17)10(12(18)8-9)5-6-15(22)21-16-13(19)3-2-4-14(16)20/h2-4,7-8H,5-6H2,1H3,(H,21,22). The Morgan fingerprint density at radius 2 is 1.68 bits per heavy atom. The number of rotatable bonds is 4. The number of hydrogen-bond donors (Lipinski definition) is 1. The lowest BCUT2D eigenvalue weighted by molar-refractivity contribution is -0.116. The van der Waals surface area contributed by atoms with Gasteiger partial charge in [-0.2, -0.15) is 0 Å². The molecule has 0 unspecified atom stereocenters. The van der Waals surface area contributed by atoms with E-state index in [9.17, 15) is 4.79 Å². The minimum absolute atomic E-state index is 0.130. The highest BCUT2D eigenvalue weighted by atomic mass is 79.9. The van der Waals surface area contributed by atoms with Crippen molar-refractivity contribution in [2.45, 2.75) is 19.8 Å². The van der Waals surface area contributed by atoms with E-state index in [2.05, 4.69) is 37.2 Å². The number of para-hydroxylation sites is 1. The molecule has 0 bridgehead atoms. The number of halogens is 4. The second kappa shape index (κ2) is 7.82. The molecule has 1 amide bonds. The van der Waals surface area contributed by atoms with E-state index >= 15 is 0 Å². The van der Waals surface area contributed by atoms with Gasteiger partial charge in [0.25, 0.3) is 0 Å². The molecule has 0 atom stereocenters. The summed E-state index contributed by atoms with van der Waals surface area (Å²) < 4.78 is 1.98. The normalized spacial score (nSPS) is 10.6. The molecule has 0 aliphatic carbocycles. The highest BCUT2D eigenvalue weighted by Gasteiger charge is 2.12. The molecule has 0 aliphatic rings. The van der Waals surface area contributed by atoms with Crippen LogP contribution in [0, 0.1) is 6.92 Å². The highest BCUT2D eigenvalue weighted by molar-refractivity contribution is 9.11. The first-order valence-corrected chi connectivity index (χ1v) is 8.91. The van der Waals surface area contributed by atoms with Crippen molar-refractivity contribution >= 4 is 66.7 Å². The predicted molar refractivity (Wildman–Crippen MR) is 100.0 cm³/mol. The minimum Gasteiger partial charge on any atom is -0.324 e. The van der Waals surface area contributed by atoms with Crippen LogP contribution in [0.1, 0.15) is 17.5 Å². The summed E-state index contributed by atoms with van der Waals surface area (Å²) in [5.41, 5.74) is 2.67. The average Bonchev–Trinajstić information content (AvgIpc) is 2.42. The lowest BCUT2D eigenvalue weighted by Gasteiger charge is -2.11. The van der Waals surface area contributed by atoms with E-state index in [1.165, 1.54) is 0 Å². The van der Waals surface area contributed by atoms with Crippen LogP contribution < -0.4 is 5.32 Å². The fraction of sp³-hybridized carbons (Fsp3) is 0.188. The van der Waals surface area contributed by atoms with Crippen LogP contribution in [0.3, 0.4) is 0 Å². The molecule has 22 heavy (non-hydrogen) atoms. The summed E-state index contributed by atoms with van der Waals surface area (Å²) in [4.78, 5) is 12.1. The van der Waals surface area contributed by atoms with Gasteiger partial charge in [-0.25, -0.2) is 0 Å². The highest BCUT2D eigenvalue weighted by Crippen LogP contribution is 2.31. The number of benzene rings is 2. The molecule has 0 saturated heterocycles. The van der Waals surface area contributed by atoms with Crippen LogP contribution in [-0.2, 0) is 11.2 Å². The van der Waals surface area contributed by atoms with Crippen molar-refractivity contribution in [3.8, 4) is 0 Å². The Labute approximate surface area is 156 Å². The first-order chi connectivity index (χ1) is 10.4. The molecule has 0 radical (unpaired) electrons. The number of nitrogens with one attached hydrogen (secondary N) is 1. The van der Waals surface area contributed by atoms with Crippen molar-refractivity contribution in [1.29, 1.82) is 0 Å². The van der Waals surface area contributed by atoms with Crippen LogP contribution in [0.4, 0.5) is 5.69 Å². The van der Waals surface area contributed by atoms with Crippen molar-refractivity contribution in [3.63, 3.8) is 0 Å². The zero-order valence-electron chi connectivity index (χ0n) is 11.7. The number of hydrogen-bond acceptors (Lipinski definition) is 1. The Hall–Kier alpha value is -0.550. The molecule has 0 aromatic heterocycles. The van der Waals surface area contributed by atoms with Crippen LogP contribution in [0.15, 0.2) is 39.3 Å². The smallest absolute Gasteiger partial charge is 0.224 e. The van der Waals surface area contributed by atoms with Crippen LogP contribution in [0.25, 0.3) is 0 Å². The summed E-state index contributed by atoms with van der Waals surface area (Å²) >= 11 is 19.2. The Morgan fingerprint density at radius 1 is 1.14 bits per heavy atom. The summed E-state index contributed by atoms with van der Waals surface area (Å²) in [5.74, 6) is -0.130. The van der Waals surface area contributed by atoms with E-state index in [-0.39, 0.29) is 5.91 Å². The molecule has 0 heterocycles. The quantitative estimate of drug-likeness (QED) is 0.556.